The number of thioether (sulfide) groups is 1. The summed E-state index contributed by atoms with van der Waals surface area (Å²) < 4.78 is 21.2. The SMILES string of the molecule is COc1ccc(C(=O)NCCCc2nnc(SC)n2C2CCCC2)c(F)c1. The first-order valence-corrected chi connectivity index (χ1v) is 10.5. The van der Waals surface area contributed by atoms with Crippen molar-refractivity contribution in [2.45, 2.75) is 49.7 Å². The molecule has 6 nitrogen and oxygen atoms in total. The monoisotopic (exact) mass is 392 g/mol. The van der Waals surface area contributed by atoms with Crippen molar-refractivity contribution in [3.05, 3.63) is 35.4 Å². The van der Waals surface area contributed by atoms with Crippen molar-refractivity contribution in [3.8, 4) is 5.75 Å². The van der Waals surface area contributed by atoms with Crippen LogP contribution in [0.4, 0.5) is 4.39 Å². The summed E-state index contributed by atoms with van der Waals surface area (Å²) in [7, 11) is 1.46. The van der Waals surface area contributed by atoms with E-state index in [1.54, 1.807) is 17.8 Å². The Morgan fingerprint density at radius 3 is 2.81 bits per heavy atom. The first-order chi connectivity index (χ1) is 13.1. The Kier molecular flexibility index (Phi) is 6.71. The second-order valence-electron chi connectivity index (χ2n) is 6.62. The smallest absolute Gasteiger partial charge is 0.254 e. The fourth-order valence-electron chi connectivity index (χ4n) is 3.50. The normalized spacial score (nSPS) is 14.5. The summed E-state index contributed by atoms with van der Waals surface area (Å²) in [5.74, 6) is 0.352. The number of benzene rings is 1. The van der Waals surface area contributed by atoms with Gasteiger partial charge in [0.25, 0.3) is 5.91 Å². The van der Waals surface area contributed by atoms with Crippen LogP contribution < -0.4 is 10.1 Å². The molecular weight excluding hydrogens is 367 g/mol. The van der Waals surface area contributed by atoms with E-state index >= 15 is 0 Å². The molecule has 0 spiro atoms. The van der Waals surface area contributed by atoms with Crippen molar-refractivity contribution in [2.24, 2.45) is 0 Å². The van der Waals surface area contributed by atoms with Gasteiger partial charge >= 0.3 is 0 Å². The number of carbonyl (C=O) groups is 1. The molecule has 27 heavy (non-hydrogen) atoms. The van der Waals surface area contributed by atoms with Gasteiger partial charge in [-0.3, -0.25) is 4.79 Å². The van der Waals surface area contributed by atoms with Gasteiger partial charge in [0.2, 0.25) is 0 Å². The predicted octanol–water partition coefficient (Wildman–Crippen LogP) is 3.63. The summed E-state index contributed by atoms with van der Waals surface area (Å²) in [6.07, 6.45) is 8.32. The number of hydrogen-bond donors (Lipinski definition) is 1. The van der Waals surface area contributed by atoms with Gasteiger partial charge in [-0.1, -0.05) is 24.6 Å². The molecule has 0 aliphatic heterocycles. The van der Waals surface area contributed by atoms with Crippen molar-refractivity contribution in [1.82, 2.24) is 20.1 Å². The van der Waals surface area contributed by atoms with E-state index in [9.17, 15) is 9.18 Å². The first-order valence-electron chi connectivity index (χ1n) is 9.23. The minimum absolute atomic E-state index is 0.0228. The second kappa shape index (κ2) is 9.21. The van der Waals surface area contributed by atoms with Gasteiger partial charge in [0.1, 0.15) is 17.4 Å². The fraction of sp³-hybridized carbons (Fsp3) is 0.526. The lowest BCUT2D eigenvalue weighted by molar-refractivity contribution is 0.0949. The number of nitrogens with one attached hydrogen (secondary N) is 1. The maximum Gasteiger partial charge on any atom is 0.254 e. The number of aromatic nitrogens is 3. The van der Waals surface area contributed by atoms with Crippen molar-refractivity contribution in [1.29, 1.82) is 0 Å². The van der Waals surface area contributed by atoms with E-state index in [2.05, 4.69) is 20.1 Å². The summed E-state index contributed by atoms with van der Waals surface area (Å²) in [6, 6.07) is 4.71. The molecule has 1 aliphatic carbocycles. The Hall–Kier alpha value is -2.09. The van der Waals surface area contributed by atoms with E-state index in [-0.39, 0.29) is 5.56 Å². The van der Waals surface area contributed by atoms with E-state index in [1.165, 1.54) is 44.9 Å². The van der Waals surface area contributed by atoms with Gasteiger partial charge in [-0.25, -0.2) is 4.39 Å². The number of halogens is 1. The van der Waals surface area contributed by atoms with Gasteiger partial charge in [0.05, 0.1) is 12.7 Å². The Morgan fingerprint density at radius 2 is 2.15 bits per heavy atom. The van der Waals surface area contributed by atoms with E-state index in [1.807, 2.05) is 6.26 Å². The average molecular weight is 393 g/mol. The maximum atomic E-state index is 14.0. The number of rotatable bonds is 8. The molecule has 146 valence electrons. The Balaban J connectivity index is 1.54. The molecule has 1 aromatic heterocycles. The van der Waals surface area contributed by atoms with Gasteiger partial charge in [-0.05, 0) is 37.7 Å². The maximum absolute atomic E-state index is 14.0. The highest BCUT2D eigenvalue weighted by molar-refractivity contribution is 7.98. The number of ether oxygens (including phenoxy) is 1. The predicted molar refractivity (Wildman–Crippen MR) is 103 cm³/mol. The van der Waals surface area contributed by atoms with Crippen LogP contribution in [0.25, 0.3) is 0 Å². The van der Waals surface area contributed by atoms with E-state index in [0.717, 1.165) is 23.8 Å². The van der Waals surface area contributed by atoms with Crippen molar-refractivity contribution >= 4 is 17.7 Å². The summed E-state index contributed by atoms with van der Waals surface area (Å²) >= 11 is 1.62. The molecule has 0 atom stereocenters. The summed E-state index contributed by atoms with van der Waals surface area (Å²) in [5, 5.41) is 12.4. The lowest BCUT2D eigenvalue weighted by Crippen LogP contribution is -2.26. The Bertz CT molecular complexity index is 790. The van der Waals surface area contributed by atoms with Crippen LogP contribution in [0.15, 0.2) is 23.4 Å². The number of hydrogen-bond acceptors (Lipinski definition) is 5. The third-order valence-electron chi connectivity index (χ3n) is 4.89. The van der Waals surface area contributed by atoms with Crippen molar-refractivity contribution in [2.75, 3.05) is 19.9 Å². The highest BCUT2D eigenvalue weighted by Gasteiger charge is 2.23. The van der Waals surface area contributed by atoms with Crippen LogP contribution in [0.1, 0.15) is 54.3 Å². The number of methoxy groups -OCH3 is 1. The molecule has 1 saturated carbocycles. The van der Waals surface area contributed by atoms with Crippen LogP contribution in [0.5, 0.6) is 5.75 Å². The third kappa shape index (κ3) is 4.61. The molecule has 1 heterocycles. The lowest BCUT2D eigenvalue weighted by Gasteiger charge is -2.16. The van der Waals surface area contributed by atoms with Crippen molar-refractivity contribution in [3.63, 3.8) is 0 Å². The minimum atomic E-state index is -0.586. The zero-order valence-corrected chi connectivity index (χ0v) is 16.5. The standard InChI is InChI=1S/C19H25FN4O2S/c1-26-14-9-10-15(16(20)12-14)18(25)21-11-5-8-17-22-23-19(27-2)24(17)13-6-3-4-7-13/h9-10,12-13H,3-8,11H2,1-2H3,(H,21,25). The van der Waals surface area contributed by atoms with Crippen LogP contribution in [0.3, 0.4) is 0 Å². The number of amides is 1. The van der Waals surface area contributed by atoms with Gasteiger partial charge in [-0.2, -0.15) is 0 Å². The summed E-state index contributed by atoms with van der Waals surface area (Å²) in [5.41, 5.74) is 0.0228. The molecule has 0 bridgehead atoms. The van der Waals surface area contributed by atoms with Gasteiger partial charge in [0.15, 0.2) is 5.16 Å². The van der Waals surface area contributed by atoms with Crippen LogP contribution in [-0.4, -0.2) is 40.6 Å². The minimum Gasteiger partial charge on any atom is -0.497 e. The highest BCUT2D eigenvalue weighted by atomic mass is 32.2. The van der Waals surface area contributed by atoms with Crippen LogP contribution >= 0.6 is 11.8 Å². The molecule has 0 saturated heterocycles. The average Bonchev–Trinajstić information content (AvgIpc) is 3.33. The molecule has 3 rings (SSSR count). The highest BCUT2D eigenvalue weighted by Crippen LogP contribution is 2.33. The molecule has 1 aromatic carbocycles. The third-order valence-corrected chi connectivity index (χ3v) is 5.53. The Labute approximate surface area is 162 Å². The number of carbonyl (C=O) groups excluding carboxylic acids is 1. The summed E-state index contributed by atoms with van der Waals surface area (Å²) in [4.78, 5) is 12.2. The van der Waals surface area contributed by atoms with Crippen LogP contribution in [0.2, 0.25) is 0 Å². The number of nitrogens with zero attached hydrogens (tertiary/aromatic N) is 3. The van der Waals surface area contributed by atoms with Crippen LogP contribution in [-0.2, 0) is 6.42 Å². The van der Waals surface area contributed by atoms with E-state index in [4.69, 9.17) is 4.74 Å². The largest absolute Gasteiger partial charge is 0.497 e. The second-order valence-corrected chi connectivity index (χ2v) is 7.39. The molecule has 1 amide bonds. The van der Waals surface area contributed by atoms with Gasteiger partial charge in [0, 0.05) is 25.1 Å². The van der Waals surface area contributed by atoms with Gasteiger partial charge in [-0.15, -0.1) is 10.2 Å². The molecule has 1 N–H and O–H groups in total. The molecule has 0 unspecified atom stereocenters. The number of aryl methyl sites for hydroxylation is 1. The summed E-state index contributed by atoms with van der Waals surface area (Å²) in [6.45, 7) is 0.455. The zero-order valence-electron chi connectivity index (χ0n) is 15.7. The quantitative estimate of drug-likeness (QED) is 0.549. The first kappa shape index (κ1) is 19.7. The fourth-order valence-corrected chi connectivity index (χ4v) is 4.07. The van der Waals surface area contributed by atoms with Gasteiger partial charge < -0.3 is 14.6 Å². The van der Waals surface area contributed by atoms with Crippen LogP contribution in [0, 0.1) is 5.82 Å². The molecule has 0 radical (unpaired) electrons. The van der Waals surface area contributed by atoms with E-state index in [0.29, 0.717) is 18.3 Å². The zero-order chi connectivity index (χ0) is 19.2. The Morgan fingerprint density at radius 1 is 1.37 bits per heavy atom. The lowest BCUT2D eigenvalue weighted by atomic mass is 10.2. The molecule has 1 aliphatic rings. The van der Waals surface area contributed by atoms with Crippen molar-refractivity contribution < 1.29 is 13.9 Å². The van der Waals surface area contributed by atoms with E-state index < -0.39 is 11.7 Å². The molecule has 8 heteroatoms. The topological polar surface area (TPSA) is 69.0 Å². The molecule has 2 aromatic rings. The molecular formula is C19H25FN4O2S. The molecule has 1 fully saturated rings.